The molecule has 2 aliphatic carbocycles. The summed E-state index contributed by atoms with van der Waals surface area (Å²) in [6, 6.07) is 64.7. The zero-order chi connectivity index (χ0) is 44.0. The van der Waals surface area contributed by atoms with Crippen LogP contribution < -0.4 is 87.7 Å². The molecule has 0 saturated carbocycles. The van der Waals surface area contributed by atoms with E-state index in [4.69, 9.17) is 55.9 Å². The molecule has 0 aliphatic heterocycles. The van der Waals surface area contributed by atoms with Crippen molar-refractivity contribution in [1.82, 2.24) is 0 Å². The molecule has 0 amide bonds. The number of benzene rings is 6. The number of halogens is 3. The smallest absolute Gasteiger partial charge is 0.222 e. The van der Waals surface area contributed by atoms with Crippen LogP contribution in [0.25, 0.3) is 0 Å². The first-order chi connectivity index (χ1) is 28.3. The molecule has 0 fully saturated rings. The van der Waals surface area contributed by atoms with Crippen molar-refractivity contribution < 1.29 is 106 Å². The second kappa shape index (κ2) is 27.7. The second-order valence-electron chi connectivity index (χ2n) is 12.2. The minimum absolute atomic E-state index is 0. The van der Waals surface area contributed by atoms with Gasteiger partial charge in [0.15, 0.2) is 0 Å². The van der Waals surface area contributed by atoms with E-state index in [1.165, 1.54) is 38.2 Å². The first-order valence-electron chi connectivity index (χ1n) is 17.5. The Morgan fingerprint density at radius 1 is 0.279 bits per heavy atom. The minimum atomic E-state index is -4.94. The molecule has 18 heteroatoms. The molecule has 0 radical (unpaired) electrons. The van der Waals surface area contributed by atoms with E-state index < -0.39 is 46.6 Å². The topological polar surface area (TPSA) is 277 Å². The summed E-state index contributed by atoms with van der Waals surface area (Å²) in [5.74, 6) is 1.62. The van der Waals surface area contributed by atoms with Crippen molar-refractivity contribution in [2.75, 3.05) is 0 Å². The Labute approximate surface area is 376 Å². The normalized spacial score (nSPS) is 14.5. The molecule has 8 rings (SSSR count). The van der Waals surface area contributed by atoms with E-state index in [-0.39, 0.29) is 19.5 Å². The number of hydrogen-bond acceptors (Lipinski definition) is 12. The summed E-state index contributed by atoms with van der Waals surface area (Å²) < 4.78 is 102. The third-order valence-electron chi connectivity index (χ3n) is 7.84. The van der Waals surface area contributed by atoms with E-state index in [0.29, 0.717) is 0 Å². The van der Waals surface area contributed by atoms with Crippen molar-refractivity contribution in [3.05, 3.63) is 206 Å². The third kappa shape index (κ3) is 24.8. The van der Waals surface area contributed by atoms with Crippen LogP contribution in [0.3, 0.4) is 0 Å². The zero-order valence-electron chi connectivity index (χ0n) is 31.8. The minimum Gasteiger partial charge on any atom is -0.222 e. The van der Waals surface area contributed by atoms with E-state index in [9.17, 15) is 0 Å². The van der Waals surface area contributed by atoms with Gasteiger partial charge in [0.25, 0.3) is 0 Å². The molecule has 0 spiro atoms. The fourth-order valence-electron chi connectivity index (χ4n) is 5.68. The van der Waals surface area contributed by atoms with Gasteiger partial charge in [-0.3, -0.25) is 0 Å². The molecular formula is C43H38Cl3O12P2Rh. The molecule has 0 heterocycles. The molecule has 2 bridgehead atoms. The van der Waals surface area contributed by atoms with Crippen LogP contribution in [-0.4, -0.2) is 0 Å². The molecule has 0 aromatic heterocycles. The van der Waals surface area contributed by atoms with E-state index in [1.54, 1.807) is 0 Å². The molecule has 6 aromatic carbocycles. The molecule has 2 aliphatic rings. The fourth-order valence-corrected chi connectivity index (χ4v) is 10.3. The van der Waals surface area contributed by atoms with Gasteiger partial charge in [0.1, 0.15) is 0 Å². The van der Waals surface area contributed by atoms with E-state index >= 15 is 0 Å². The average molecular weight is 1020 g/mol. The maximum absolute atomic E-state index is 8.49. The number of fused-ring (bicyclic) bond motifs is 2. The van der Waals surface area contributed by atoms with Crippen molar-refractivity contribution in [3.63, 3.8) is 0 Å². The van der Waals surface area contributed by atoms with Crippen LogP contribution in [-0.2, 0) is 19.5 Å². The Morgan fingerprint density at radius 2 is 0.410 bits per heavy atom. The van der Waals surface area contributed by atoms with Crippen molar-refractivity contribution in [1.29, 1.82) is 0 Å². The molecule has 0 atom stereocenters. The summed E-state index contributed by atoms with van der Waals surface area (Å²) in [5, 5.41) is 8.39. The predicted octanol–water partition coefficient (Wildman–Crippen LogP) is -5.63. The van der Waals surface area contributed by atoms with Crippen molar-refractivity contribution in [2.24, 2.45) is 11.8 Å². The molecule has 6 aromatic rings. The van der Waals surface area contributed by atoms with Crippen LogP contribution >= 0.6 is 15.8 Å². The Balaban J connectivity index is 0.000000282. The van der Waals surface area contributed by atoms with Crippen LogP contribution in [0.2, 0.25) is 0 Å². The summed E-state index contributed by atoms with van der Waals surface area (Å²) in [7, 11) is -15.7. The SMILES string of the molecule is C1=CC2C=CC1C2.[O-][Cl+3]([O-])([O-])[O-].[O-][Cl+3]([O-])([O-])[O-].[O-][Cl+3]([O-])([O-])[O-].[Rh+3].c1ccc(P(c2ccccc2)c2ccccc2)cc1.c1ccc(P(c2ccccc2)c2ccccc2)cc1. The molecule has 0 saturated heterocycles. The summed E-state index contributed by atoms with van der Waals surface area (Å²) in [6.07, 6.45) is 10.5. The van der Waals surface area contributed by atoms with Crippen molar-refractivity contribution >= 4 is 47.7 Å². The second-order valence-corrected chi connectivity index (χ2v) is 18.9. The van der Waals surface area contributed by atoms with Crippen LogP contribution in [0.15, 0.2) is 206 Å². The average Bonchev–Trinajstić information content (AvgIpc) is 3.87. The van der Waals surface area contributed by atoms with Crippen LogP contribution in [0.1, 0.15) is 6.42 Å². The number of allylic oxidation sites excluding steroid dienone is 4. The van der Waals surface area contributed by atoms with Gasteiger partial charge in [-0.05, 0) is 65.9 Å². The standard InChI is InChI=1S/2C18H15P.C7H8.3ClHO4.Rh/c2*1-4-10-16(11-5-1)19(17-12-6-2-7-13-17)18-14-8-3-9-15-18;1-2-7-4-3-6(1)5-7;3*2-1(3,4)5;/h2*1-15H;1-4,6-7H,5H2;3*(H,2,3,4,5);/q;;;;;;+3/p-3. The summed E-state index contributed by atoms with van der Waals surface area (Å²) in [5.41, 5.74) is 0. The van der Waals surface area contributed by atoms with Gasteiger partial charge in [-0.15, -0.1) is 30.7 Å². The van der Waals surface area contributed by atoms with Gasteiger partial charge < -0.3 is 0 Å². The van der Waals surface area contributed by atoms with Crippen molar-refractivity contribution in [3.8, 4) is 0 Å². The van der Waals surface area contributed by atoms with Gasteiger partial charge in [0, 0.05) is 0 Å². The first kappa shape index (κ1) is 53.8. The molecule has 0 N–H and O–H groups in total. The Hall–Kier alpha value is -3.33. The van der Waals surface area contributed by atoms with Gasteiger partial charge in [0.05, 0.1) is 0 Å². The van der Waals surface area contributed by atoms with Crippen LogP contribution in [0.4, 0.5) is 0 Å². The van der Waals surface area contributed by atoms with Gasteiger partial charge in [-0.2, -0.15) is 0 Å². The van der Waals surface area contributed by atoms with Gasteiger partial charge in [0.2, 0.25) is 0 Å². The van der Waals surface area contributed by atoms with Gasteiger partial charge >= 0.3 is 19.5 Å². The monoisotopic (exact) mass is 1020 g/mol. The Morgan fingerprint density at radius 3 is 0.508 bits per heavy atom. The largest absolute Gasteiger partial charge is 3.00 e. The summed E-state index contributed by atoms with van der Waals surface area (Å²) >= 11 is 0. The summed E-state index contributed by atoms with van der Waals surface area (Å²) in [6.45, 7) is 0. The third-order valence-corrected chi connectivity index (χ3v) is 12.7. The van der Waals surface area contributed by atoms with Crippen molar-refractivity contribution in [2.45, 2.75) is 6.42 Å². The molecular weight excluding hydrogens is 980 g/mol. The van der Waals surface area contributed by atoms with E-state index in [1.807, 2.05) is 0 Å². The van der Waals surface area contributed by atoms with E-state index in [2.05, 4.69) is 206 Å². The quantitative estimate of drug-likeness (QED) is 0.0859. The van der Waals surface area contributed by atoms with Crippen LogP contribution in [0, 0.1) is 42.6 Å². The fraction of sp³-hybridized carbons (Fsp3) is 0.0698. The van der Waals surface area contributed by atoms with E-state index in [0.717, 1.165) is 11.8 Å². The predicted molar refractivity (Wildman–Crippen MR) is 200 cm³/mol. The van der Waals surface area contributed by atoms with Crippen LogP contribution in [0.5, 0.6) is 0 Å². The maximum Gasteiger partial charge on any atom is 3.00 e. The molecule has 61 heavy (non-hydrogen) atoms. The van der Waals surface area contributed by atoms with Gasteiger partial charge in [-0.1, -0.05) is 206 Å². The van der Waals surface area contributed by atoms with Gasteiger partial charge in [-0.25, -0.2) is 55.9 Å². The first-order valence-corrected chi connectivity index (χ1v) is 23.9. The maximum atomic E-state index is 8.49. The molecule has 322 valence electrons. The zero-order valence-corrected chi connectivity index (χ0v) is 37.4. The number of rotatable bonds is 6. The number of hydrogen-bond donors (Lipinski definition) is 0. The molecule has 12 nitrogen and oxygen atoms in total. The Kier molecular flexibility index (Phi) is 24.4. The summed E-state index contributed by atoms with van der Waals surface area (Å²) in [4.78, 5) is 0. The molecule has 0 unspecified atom stereocenters. The Bertz CT molecular complexity index is 1720.